The van der Waals surface area contributed by atoms with Crippen LogP contribution in [0.25, 0.3) is 0 Å². The maximum Gasteiger partial charge on any atom is 0.219 e. The monoisotopic (exact) mass is 387 g/mol. The average molecular weight is 388 g/mol. The lowest BCUT2D eigenvalue weighted by Crippen LogP contribution is -2.62. The molecule has 1 atom stereocenters. The molecule has 4 rings (SSSR count). The molecule has 0 saturated carbocycles. The van der Waals surface area contributed by atoms with Crippen LogP contribution in [0, 0.1) is 0 Å². The van der Waals surface area contributed by atoms with Gasteiger partial charge in [0, 0.05) is 39.1 Å². The number of anilines is 1. The summed E-state index contributed by atoms with van der Waals surface area (Å²) in [6.07, 6.45) is 7.35. The zero-order valence-electron chi connectivity index (χ0n) is 17.2. The van der Waals surface area contributed by atoms with E-state index in [0.29, 0.717) is 19.1 Å². The molecule has 0 bridgehead atoms. The number of amides is 1. The number of aromatic nitrogens is 2. The van der Waals surface area contributed by atoms with Gasteiger partial charge < -0.3 is 14.9 Å². The second kappa shape index (κ2) is 7.95. The normalized spacial score (nSPS) is 26.0. The molecule has 0 radical (unpaired) electrons. The first-order valence-electron chi connectivity index (χ1n) is 10.7. The molecule has 2 fully saturated rings. The van der Waals surface area contributed by atoms with Gasteiger partial charge in [0.2, 0.25) is 5.91 Å². The lowest BCUT2D eigenvalue weighted by molar-refractivity contribution is -0.132. The van der Waals surface area contributed by atoms with Crippen LogP contribution in [0.4, 0.5) is 5.82 Å². The van der Waals surface area contributed by atoms with Gasteiger partial charge in [-0.25, -0.2) is 0 Å². The molecule has 28 heavy (non-hydrogen) atoms. The Morgan fingerprint density at radius 3 is 2.82 bits per heavy atom. The van der Waals surface area contributed by atoms with E-state index >= 15 is 0 Å². The number of β-amino-alcohol motifs (C(OH)–C–C–N with tert-alkyl or cyclic N) is 1. The number of nitrogens with zero attached hydrogens (tertiary/aromatic N) is 5. The minimum atomic E-state index is -0.817. The average Bonchev–Trinajstić information content (AvgIpc) is 2.82. The summed E-state index contributed by atoms with van der Waals surface area (Å²) in [5.74, 6) is 1.05. The molecule has 1 unspecified atom stereocenters. The van der Waals surface area contributed by atoms with E-state index in [1.165, 1.54) is 24.1 Å². The van der Waals surface area contributed by atoms with Crippen LogP contribution in [0.15, 0.2) is 6.07 Å². The van der Waals surface area contributed by atoms with Crippen LogP contribution >= 0.6 is 0 Å². The Bertz CT molecular complexity index is 721. The molecule has 1 aliphatic carbocycles. The number of likely N-dealkylation sites (tertiary alicyclic amines) is 1. The van der Waals surface area contributed by atoms with Crippen LogP contribution < -0.4 is 4.90 Å². The van der Waals surface area contributed by atoms with Gasteiger partial charge in [-0.1, -0.05) is 0 Å². The highest BCUT2D eigenvalue weighted by molar-refractivity contribution is 5.73. The maximum atomic E-state index is 11.8. The fraction of sp³-hybridized carbons (Fsp3) is 0.762. The minimum absolute atomic E-state index is 0.0591. The van der Waals surface area contributed by atoms with Crippen LogP contribution in [-0.2, 0) is 17.6 Å². The quantitative estimate of drug-likeness (QED) is 0.838. The Kier molecular flexibility index (Phi) is 5.56. The van der Waals surface area contributed by atoms with E-state index in [0.717, 1.165) is 57.6 Å². The second-order valence-corrected chi connectivity index (χ2v) is 8.98. The Hall–Kier alpha value is -1.73. The van der Waals surface area contributed by atoms with Gasteiger partial charge in [-0.2, -0.15) is 5.10 Å². The fourth-order valence-corrected chi connectivity index (χ4v) is 4.82. The summed E-state index contributed by atoms with van der Waals surface area (Å²) in [6, 6.07) is 2.62. The molecular formula is C21H33N5O2. The molecule has 7 heteroatoms. The summed E-state index contributed by atoms with van der Waals surface area (Å²) in [5.41, 5.74) is 1.73. The Morgan fingerprint density at radius 1 is 1.25 bits per heavy atom. The van der Waals surface area contributed by atoms with Gasteiger partial charge in [0.25, 0.3) is 0 Å². The summed E-state index contributed by atoms with van der Waals surface area (Å²) >= 11 is 0. The third-order valence-corrected chi connectivity index (χ3v) is 6.66. The van der Waals surface area contributed by atoms with Crippen LogP contribution in [0.1, 0.15) is 50.3 Å². The van der Waals surface area contributed by atoms with Crippen molar-refractivity contribution in [2.24, 2.45) is 0 Å². The van der Waals surface area contributed by atoms with Gasteiger partial charge in [0.15, 0.2) is 5.82 Å². The number of aliphatic hydroxyl groups is 1. The summed E-state index contributed by atoms with van der Waals surface area (Å²) in [7, 11) is 2.08. The van der Waals surface area contributed by atoms with Crippen LogP contribution in [0.5, 0.6) is 0 Å². The highest BCUT2D eigenvalue weighted by atomic mass is 16.3. The summed E-state index contributed by atoms with van der Waals surface area (Å²) in [6.45, 7) is 5.23. The number of fused-ring (bicyclic) bond motifs is 1. The fourth-order valence-electron chi connectivity index (χ4n) is 4.82. The molecule has 1 aromatic rings. The zero-order valence-corrected chi connectivity index (χ0v) is 17.2. The molecule has 2 aliphatic heterocycles. The van der Waals surface area contributed by atoms with E-state index < -0.39 is 5.60 Å². The Morgan fingerprint density at radius 2 is 2.04 bits per heavy atom. The topological polar surface area (TPSA) is 72.8 Å². The van der Waals surface area contributed by atoms with Crippen molar-refractivity contribution in [3.8, 4) is 0 Å². The van der Waals surface area contributed by atoms with Crippen molar-refractivity contribution in [1.29, 1.82) is 0 Å². The van der Waals surface area contributed by atoms with Gasteiger partial charge in [-0.05, 0) is 63.6 Å². The number of carbonyl (C=O) groups is 1. The lowest BCUT2D eigenvalue weighted by Gasteiger charge is -2.47. The number of rotatable bonds is 4. The molecular weight excluding hydrogens is 354 g/mol. The van der Waals surface area contributed by atoms with Crippen molar-refractivity contribution in [2.75, 3.05) is 44.7 Å². The van der Waals surface area contributed by atoms with Crippen molar-refractivity contribution < 1.29 is 9.90 Å². The van der Waals surface area contributed by atoms with E-state index in [4.69, 9.17) is 0 Å². The van der Waals surface area contributed by atoms with E-state index in [-0.39, 0.29) is 5.91 Å². The summed E-state index contributed by atoms with van der Waals surface area (Å²) < 4.78 is 0. The van der Waals surface area contributed by atoms with Crippen molar-refractivity contribution in [3.63, 3.8) is 0 Å². The standard InChI is InChI=1S/C21H33N5O2/c1-16(27)25-10-6-5-9-21(28,15-25)14-24(2)18-12-26(13-18)20-11-17-7-3-4-8-19(17)22-23-20/h11,18,28H,3-10,12-15H2,1-2H3. The van der Waals surface area contributed by atoms with E-state index in [1.807, 2.05) is 0 Å². The SMILES string of the molecule is CC(=O)N1CCCCC(O)(CN(C)C2CN(c3cc4c(nn3)CCCC4)C2)C1. The number of aryl methyl sites for hydroxylation is 2. The summed E-state index contributed by atoms with van der Waals surface area (Å²) in [5, 5.41) is 20.0. The van der Waals surface area contributed by atoms with Crippen molar-refractivity contribution >= 4 is 11.7 Å². The van der Waals surface area contributed by atoms with Gasteiger partial charge in [-0.3, -0.25) is 9.69 Å². The third-order valence-electron chi connectivity index (χ3n) is 6.66. The Labute approximate surface area is 167 Å². The van der Waals surface area contributed by atoms with Gasteiger partial charge >= 0.3 is 0 Å². The molecule has 0 aromatic carbocycles. The molecule has 1 amide bonds. The highest BCUT2D eigenvalue weighted by Crippen LogP contribution is 2.28. The predicted octanol–water partition coefficient (Wildman–Crippen LogP) is 1.24. The van der Waals surface area contributed by atoms with E-state index in [9.17, 15) is 9.90 Å². The molecule has 7 nitrogen and oxygen atoms in total. The first-order chi connectivity index (χ1) is 13.4. The molecule has 154 valence electrons. The van der Waals surface area contributed by atoms with Crippen molar-refractivity contribution in [3.05, 3.63) is 17.3 Å². The Balaban J connectivity index is 1.33. The predicted molar refractivity (Wildman–Crippen MR) is 108 cm³/mol. The minimum Gasteiger partial charge on any atom is -0.387 e. The lowest BCUT2D eigenvalue weighted by atomic mass is 9.95. The molecule has 3 aliphatic rings. The van der Waals surface area contributed by atoms with Gasteiger partial charge in [-0.15, -0.1) is 5.10 Å². The number of likely N-dealkylation sites (N-methyl/N-ethyl adjacent to an activating group) is 1. The van der Waals surface area contributed by atoms with Crippen LogP contribution in [-0.4, -0.2) is 82.4 Å². The highest BCUT2D eigenvalue weighted by Gasteiger charge is 2.38. The number of hydrogen-bond donors (Lipinski definition) is 1. The van der Waals surface area contributed by atoms with Crippen molar-refractivity contribution in [2.45, 2.75) is 63.5 Å². The molecule has 0 spiro atoms. The van der Waals surface area contributed by atoms with Gasteiger partial charge in [0.05, 0.1) is 17.8 Å². The first-order valence-corrected chi connectivity index (χ1v) is 10.7. The van der Waals surface area contributed by atoms with Crippen LogP contribution in [0.2, 0.25) is 0 Å². The van der Waals surface area contributed by atoms with Gasteiger partial charge in [0.1, 0.15) is 0 Å². The van der Waals surface area contributed by atoms with Crippen LogP contribution in [0.3, 0.4) is 0 Å². The zero-order chi connectivity index (χ0) is 19.7. The number of carbonyl (C=O) groups excluding carboxylic acids is 1. The molecule has 1 aromatic heterocycles. The van der Waals surface area contributed by atoms with E-state index in [1.54, 1.807) is 11.8 Å². The van der Waals surface area contributed by atoms with Crippen molar-refractivity contribution in [1.82, 2.24) is 20.0 Å². The summed E-state index contributed by atoms with van der Waals surface area (Å²) in [4.78, 5) is 18.1. The van der Waals surface area contributed by atoms with E-state index in [2.05, 4.69) is 33.1 Å². The second-order valence-electron chi connectivity index (χ2n) is 8.98. The largest absolute Gasteiger partial charge is 0.387 e. The maximum absolute atomic E-state index is 11.8. The molecule has 2 saturated heterocycles. The first kappa shape index (κ1) is 19.6. The smallest absolute Gasteiger partial charge is 0.219 e. The molecule has 3 heterocycles. The third kappa shape index (κ3) is 4.15. The number of hydrogen-bond acceptors (Lipinski definition) is 6. The molecule has 1 N–H and O–H groups in total.